The molecular weight excluding hydrogens is 432 g/mol. The number of carbonyl (C=O) groups excluding carboxylic acids is 1. The highest BCUT2D eigenvalue weighted by Gasteiger charge is 2.24. The molecule has 0 saturated carbocycles. The lowest BCUT2D eigenvalue weighted by Gasteiger charge is -2.07. The molecule has 8 heteroatoms. The third-order valence-corrected chi connectivity index (χ3v) is 6.50. The zero-order valence-corrected chi connectivity index (χ0v) is 18.1. The van der Waals surface area contributed by atoms with Crippen LogP contribution in [0.4, 0.5) is 5.69 Å². The number of aliphatic imine (C=N–C) groups is 1. The first-order chi connectivity index (χ1) is 14.9. The molecular formula is C23H18N2O4S2. The molecule has 1 fully saturated rings. The number of thioether (sulfide) groups is 1. The van der Waals surface area contributed by atoms with Crippen LogP contribution in [0.15, 0.2) is 93.7 Å². The van der Waals surface area contributed by atoms with Gasteiger partial charge < -0.3 is 9.50 Å². The lowest BCUT2D eigenvalue weighted by Crippen LogP contribution is -2.19. The quantitative estimate of drug-likeness (QED) is 0.452. The highest BCUT2D eigenvalue weighted by Crippen LogP contribution is 2.28. The van der Waals surface area contributed by atoms with Crippen LogP contribution < -0.4 is 9.50 Å². The van der Waals surface area contributed by atoms with Gasteiger partial charge in [-0.15, -0.1) is 0 Å². The number of para-hydroxylation sites is 1. The number of amidine groups is 1. The summed E-state index contributed by atoms with van der Waals surface area (Å²) in [6, 6.07) is 22.3. The Labute approximate surface area is 184 Å². The molecule has 1 aliphatic rings. The van der Waals surface area contributed by atoms with Gasteiger partial charge in [0, 0.05) is 0 Å². The monoisotopic (exact) mass is 450 g/mol. The number of carbonyl (C=O) groups is 1. The topological polar surface area (TPSA) is 84.8 Å². The second-order valence-corrected chi connectivity index (χ2v) is 9.31. The van der Waals surface area contributed by atoms with Crippen LogP contribution in [-0.4, -0.2) is 19.5 Å². The molecule has 0 spiro atoms. The highest BCUT2D eigenvalue weighted by molar-refractivity contribution is 8.18. The summed E-state index contributed by atoms with van der Waals surface area (Å²) in [4.78, 5) is 17.2. The summed E-state index contributed by atoms with van der Waals surface area (Å²) in [7, 11) is -3.91. The maximum Gasteiger partial charge on any atom is 0.339 e. The number of benzene rings is 3. The maximum atomic E-state index is 12.4. The van der Waals surface area contributed by atoms with Crippen molar-refractivity contribution < 1.29 is 17.4 Å². The van der Waals surface area contributed by atoms with Crippen LogP contribution in [0, 0.1) is 6.92 Å². The Morgan fingerprint density at radius 3 is 2.29 bits per heavy atom. The number of amides is 1. The van der Waals surface area contributed by atoms with Crippen molar-refractivity contribution in [2.45, 2.75) is 11.8 Å². The van der Waals surface area contributed by atoms with Gasteiger partial charge in [-0.2, -0.15) is 8.42 Å². The summed E-state index contributed by atoms with van der Waals surface area (Å²) < 4.78 is 30.0. The molecule has 0 radical (unpaired) electrons. The Kier molecular flexibility index (Phi) is 5.92. The predicted octanol–water partition coefficient (Wildman–Crippen LogP) is 4.65. The molecule has 1 saturated heterocycles. The summed E-state index contributed by atoms with van der Waals surface area (Å²) in [5, 5.41) is 3.25. The average molecular weight is 451 g/mol. The number of aryl methyl sites for hydroxylation is 1. The number of nitrogens with zero attached hydrogens (tertiary/aromatic N) is 1. The molecule has 0 bridgehead atoms. The molecule has 3 aromatic carbocycles. The van der Waals surface area contributed by atoms with Gasteiger partial charge in [0.15, 0.2) is 5.17 Å². The van der Waals surface area contributed by atoms with E-state index < -0.39 is 10.1 Å². The van der Waals surface area contributed by atoms with Gasteiger partial charge in [-0.1, -0.05) is 48.0 Å². The lowest BCUT2D eigenvalue weighted by molar-refractivity contribution is -0.115. The van der Waals surface area contributed by atoms with Gasteiger partial charge in [-0.3, -0.25) is 4.79 Å². The molecule has 0 unspecified atom stereocenters. The highest BCUT2D eigenvalue weighted by atomic mass is 32.2. The van der Waals surface area contributed by atoms with E-state index in [0.717, 1.165) is 16.8 Å². The maximum absolute atomic E-state index is 12.4. The molecule has 31 heavy (non-hydrogen) atoms. The van der Waals surface area contributed by atoms with Crippen molar-refractivity contribution in [2.24, 2.45) is 4.99 Å². The van der Waals surface area contributed by atoms with Crippen LogP contribution in [-0.2, 0) is 14.9 Å². The molecule has 6 nitrogen and oxygen atoms in total. The molecule has 1 heterocycles. The van der Waals surface area contributed by atoms with E-state index in [-0.39, 0.29) is 16.6 Å². The first-order valence-electron chi connectivity index (χ1n) is 9.35. The van der Waals surface area contributed by atoms with Crippen LogP contribution in [0.5, 0.6) is 5.75 Å². The fourth-order valence-electron chi connectivity index (χ4n) is 2.75. The van der Waals surface area contributed by atoms with Crippen LogP contribution in [0.1, 0.15) is 11.1 Å². The van der Waals surface area contributed by atoms with E-state index in [1.807, 2.05) is 37.3 Å². The number of hydrogen-bond acceptors (Lipinski definition) is 6. The molecule has 4 rings (SSSR count). The van der Waals surface area contributed by atoms with Gasteiger partial charge >= 0.3 is 10.1 Å². The molecule has 0 atom stereocenters. The van der Waals surface area contributed by atoms with Gasteiger partial charge in [0.25, 0.3) is 5.91 Å². The van der Waals surface area contributed by atoms with E-state index in [9.17, 15) is 13.2 Å². The van der Waals surface area contributed by atoms with E-state index >= 15 is 0 Å². The number of nitrogens with one attached hydrogen (secondary N) is 1. The van der Waals surface area contributed by atoms with Crippen LogP contribution in [0.3, 0.4) is 0 Å². The number of rotatable bonds is 5. The minimum Gasteiger partial charge on any atom is -0.379 e. The molecule has 1 aliphatic heterocycles. The lowest BCUT2D eigenvalue weighted by atomic mass is 10.2. The fourth-order valence-corrected chi connectivity index (χ4v) is 4.52. The van der Waals surface area contributed by atoms with Gasteiger partial charge in [-0.25, -0.2) is 4.99 Å². The largest absolute Gasteiger partial charge is 0.379 e. The zero-order valence-electron chi connectivity index (χ0n) is 16.5. The zero-order chi connectivity index (χ0) is 21.8. The smallest absolute Gasteiger partial charge is 0.339 e. The van der Waals surface area contributed by atoms with Gasteiger partial charge in [0.2, 0.25) is 0 Å². The van der Waals surface area contributed by atoms with Crippen LogP contribution in [0.2, 0.25) is 0 Å². The van der Waals surface area contributed by atoms with Crippen molar-refractivity contribution >= 4 is 44.7 Å². The summed E-state index contributed by atoms with van der Waals surface area (Å²) in [6.07, 6.45) is 1.71. The second-order valence-electron chi connectivity index (χ2n) is 6.74. The van der Waals surface area contributed by atoms with Gasteiger partial charge in [0.05, 0.1) is 10.6 Å². The van der Waals surface area contributed by atoms with E-state index in [1.165, 1.54) is 23.9 Å². The minimum absolute atomic E-state index is 0.0913. The van der Waals surface area contributed by atoms with Crippen molar-refractivity contribution in [3.63, 3.8) is 0 Å². The molecule has 156 valence electrons. The normalized spacial score (nSPS) is 16.5. The minimum atomic E-state index is -3.91. The summed E-state index contributed by atoms with van der Waals surface area (Å²) >= 11 is 1.24. The number of hydrogen-bond donors (Lipinski definition) is 1. The van der Waals surface area contributed by atoms with Crippen molar-refractivity contribution in [1.82, 2.24) is 5.32 Å². The van der Waals surface area contributed by atoms with Gasteiger partial charge in [-0.05, 0) is 66.7 Å². The van der Waals surface area contributed by atoms with Gasteiger partial charge in [0.1, 0.15) is 10.6 Å². The Balaban J connectivity index is 1.47. The molecule has 1 N–H and O–H groups in total. The van der Waals surface area contributed by atoms with E-state index in [4.69, 9.17) is 4.18 Å². The molecule has 0 aliphatic carbocycles. The predicted molar refractivity (Wildman–Crippen MR) is 123 cm³/mol. The third-order valence-electron chi connectivity index (χ3n) is 4.33. The molecule has 1 amide bonds. The summed E-state index contributed by atoms with van der Waals surface area (Å²) in [5.74, 6) is -0.0421. The van der Waals surface area contributed by atoms with Crippen LogP contribution in [0.25, 0.3) is 6.08 Å². The van der Waals surface area contributed by atoms with Crippen molar-refractivity contribution in [1.29, 1.82) is 0 Å². The summed E-state index contributed by atoms with van der Waals surface area (Å²) in [6.45, 7) is 1.88. The first-order valence-corrected chi connectivity index (χ1v) is 11.6. The summed E-state index contributed by atoms with van der Waals surface area (Å²) in [5.41, 5.74) is 2.45. The van der Waals surface area contributed by atoms with Crippen molar-refractivity contribution in [3.8, 4) is 5.75 Å². The van der Waals surface area contributed by atoms with Crippen molar-refractivity contribution in [3.05, 3.63) is 94.9 Å². The Bertz CT molecular complexity index is 1270. The standard InChI is InChI=1S/C23H18N2O4S2/c1-16-7-13-20(14-8-16)31(27,28)29-19-11-9-17(10-12-19)15-21-22(26)25-23(30-21)24-18-5-3-2-4-6-18/h2-15H,1H3,(H,24,25,26). The van der Waals surface area contributed by atoms with Crippen molar-refractivity contribution in [2.75, 3.05) is 0 Å². The van der Waals surface area contributed by atoms with E-state index in [2.05, 4.69) is 10.3 Å². The Hall–Kier alpha value is -3.36. The Morgan fingerprint density at radius 2 is 1.61 bits per heavy atom. The first kappa shape index (κ1) is 20.9. The van der Waals surface area contributed by atoms with Crippen LogP contribution >= 0.6 is 11.8 Å². The fraction of sp³-hybridized carbons (Fsp3) is 0.0435. The Morgan fingerprint density at radius 1 is 0.935 bits per heavy atom. The van der Waals surface area contributed by atoms with E-state index in [0.29, 0.717) is 10.1 Å². The second kappa shape index (κ2) is 8.79. The SMILES string of the molecule is Cc1ccc(S(=O)(=O)Oc2ccc(C=C3SC(=Nc4ccccc4)NC3=O)cc2)cc1. The molecule has 0 aromatic heterocycles. The van der Waals surface area contributed by atoms with E-state index in [1.54, 1.807) is 42.5 Å². The average Bonchev–Trinajstić information content (AvgIpc) is 3.09. The third kappa shape index (κ3) is 5.22. The molecule has 3 aromatic rings.